The van der Waals surface area contributed by atoms with Gasteiger partial charge in [-0.2, -0.15) is 0 Å². The fraction of sp³-hybridized carbons (Fsp3) is 0.316. The monoisotopic (exact) mass is 357 g/mol. The van der Waals surface area contributed by atoms with E-state index in [0.29, 0.717) is 29.4 Å². The molecule has 2 N–H and O–H groups in total. The molecule has 0 saturated carbocycles. The molecule has 138 valence electrons. The van der Waals surface area contributed by atoms with E-state index in [1.165, 1.54) is 0 Å². The molecule has 2 rings (SSSR count). The van der Waals surface area contributed by atoms with Crippen LogP contribution in [0.1, 0.15) is 34.7 Å². The highest BCUT2D eigenvalue weighted by molar-refractivity contribution is 6.04. The van der Waals surface area contributed by atoms with Crippen LogP contribution in [0.2, 0.25) is 0 Å². The Bertz CT molecular complexity index is 796. The number of nitrogens with one attached hydrogen (secondary N) is 2. The minimum Gasteiger partial charge on any atom is -0.451 e. The molecule has 2 aromatic rings. The Morgan fingerprint density at radius 2 is 1.85 bits per heavy atom. The first kappa shape index (κ1) is 19.2. The van der Waals surface area contributed by atoms with E-state index < -0.39 is 18.5 Å². The second kappa shape index (κ2) is 8.84. The van der Waals surface area contributed by atoms with Gasteiger partial charge < -0.3 is 19.9 Å². The van der Waals surface area contributed by atoms with Crippen molar-refractivity contribution in [1.82, 2.24) is 9.88 Å². The van der Waals surface area contributed by atoms with Crippen LogP contribution in [0.15, 0.2) is 42.6 Å². The smallest absolute Gasteiger partial charge is 0.355 e. The summed E-state index contributed by atoms with van der Waals surface area (Å²) < 4.78 is 6.61. The van der Waals surface area contributed by atoms with Crippen molar-refractivity contribution < 1.29 is 19.1 Å². The number of hydrogen-bond acceptors (Lipinski definition) is 4. The van der Waals surface area contributed by atoms with E-state index in [2.05, 4.69) is 10.6 Å². The van der Waals surface area contributed by atoms with Crippen LogP contribution in [0.3, 0.4) is 0 Å². The number of ether oxygens (including phenoxy) is 1. The maximum atomic E-state index is 12.3. The number of amides is 2. The minimum absolute atomic E-state index is 0.268. The Kier molecular flexibility index (Phi) is 6.54. The average molecular weight is 357 g/mol. The van der Waals surface area contributed by atoms with Gasteiger partial charge in [-0.05, 0) is 30.2 Å². The van der Waals surface area contributed by atoms with Gasteiger partial charge in [-0.1, -0.05) is 26.0 Å². The standard InChI is InChI=1S/C19H23N3O4/c1-13(2)11-20-18(24)14-7-4-5-8-15(14)21-17(23)12-26-19(25)16-9-6-10-22(16)3/h4-10,13H,11-12H2,1-3H3,(H,20,24)(H,21,23). The van der Waals surface area contributed by atoms with Crippen LogP contribution in [-0.2, 0) is 16.6 Å². The predicted molar refractivity (Wildman–Crippen MR) is 97.9 cm³/mol. The molecule has 0 unspecified atom stereocenters. The van der Waals surface area contributed by atoms with Crippen molar-refractivity contribution in [3.8, 4) is 0 Å². The molecule has 1 aromatic heterocycles. The number of benzene rings is 1. The first-order valence-electron chi connectivity index (χ1n) is 8.34. The molecule has 2 amide bonds. The normalized spacial score (nSPS) is 10.5. The molecule has 0 bridgehead atoms. The van der Waals surface area contributed by atoms with Crippen molar-refractivity contribution in [3.05, 3.63) is 53.9 Å². The fourth-order valence-corrected chi connectivity index (χ4v) is 2.25. The van der Waals surface area contributed by atoms with Crippen LogP contribution in [0.4, 0.5) is 5.69 Å². The van der Waals surface area contributed by atoms with Crippen LogP contribution in [0, 0.1) is 5.92 Å². The largest absolute Gasteiger partial charge is 0.451 e. The number of nitrogens with zero attached hydrogens (tertiary/aromatic N) is 1. The maximum Gasteiger partial charge on any atom is 0.355 e. The SMILES string of the molecule is CC(C)CNC(=O)c1ccccc1NC(=O)COC(=O)c1cccn1C. The van der Waals surface area contributed by atoms with E-state index >= 15 is 0 Å². The number of aromatic nitrogens is 1. The first-order valence-corrected chi connectivity index (χ1v) is 8.34. The average Bonchev–Trinajstić information content (AvgIpc) is 3.04. The summed E-state index contributed by atoms with van der Waals surface area (Å²) in [7, 11) is 1.71. The molecule has 0 aliphatic heterocycles. The van der Waals surface area contributed by atoms with Gasteiger partial charge in [0.25, 0.3) is 11.8 Å². The summed E-state index contributed by atoms with van der Waals surface area (Å²) in [6.45, 7) is 4.09. The lowest BCUT2D eigenvalue weighted by atomic mass is 10.1. The molecule has 1 heterocycles. The molecule has 1 aromatic carbocycles. The van der Waals surface area contributed by atoms with Gasteiger partial charge in [0.05, 0.1) is 11.3 Å². The lowest BCUT2D eigenvalue weighted by Gasteiger charge is -2.12. The molecule has 7 heteroatoms. The van der Waals surface area contributed by atoms with Crippen molar-refractivity contribution in [3.63, 3.8) is 0 Å². The van der Waals surface area contributed by atoms with Gasteiger partial charge in [0.1, 0.15) is 5.69 Å². The predicted octanol–water partition coefficient (Wildman–Crippen LogP) is 2.21. The first-order chi connectivity index (χ1) is 12.4. The summed E-state index contributed by atoms with van der Waals surface area (Å²) in [5.74, 6) is -1.06. The number of aryl methyl sites for hydroxylation is 1. The zero-order valence-corrected chi connectivity index (χ0v) is 15.1. The second-order valence-electron chi connectivity index (χ2n) is 6.28. The Morgan fingerprint density at radius 1 is 1.12 bits per heavy atom. The Morgan fingerprint density at radius 3 is 2.50 bits per heavy atom. The van der Waals surface area contributed by atoms with Crippen LogP contribution < -0.4 is 10.6 Å². The molecule has 0 aliphatic carbocycles. The van der Waals surface area contributed by atoms with Gasteiger partial charge in [0, 0.05) is 19.8 Å². The van der Waals surface area contributed by atoms with E-state index in [1.807, 2.05) is 13.8 Å². The minimum atomic E-state index is -0.587. The number of anilines is 1. The molecule has 0 aliphatic rings. The van der Waals surface area contributed by atoms with Crippen molar-refractivity contribution in [1.29, 1.82) is 0 Å². The molecule has 0 spiro atoms. The van der Waals surface area contributed by atoms with Gasteiger partial charge in [-0.25, -0.2) is 4.79 Å². The van der Waals surface area contributed by atoms with Crippen LogP contribution in [0.5, 0.6) is 0 Å². The third kappa shape index (κ3) is 5.20. The Balaban J connectivity index is 1.95. The third-order valence-corrected chi connectivity index (χ3v) is 3.60. The van der Waals surface area contributed by atoms with Crippen molar-refractivity contribution >= 4 is 23.5 Å². The molecule has 0 saturated heterocycles. The maximum absolute atomic E-state index is 12.3. The fourth-order valence-electron chi connectivity index (χ4n) is 2.25. The Hall–Kier alpha value is -3.09. The highest BCUT2D eigenvalue weighted by atomic mass is 16.5. The molecular formula is C19H23N3O4. The topological polar surface area (TPSA) is 89.4 Å². The van der Waals surface area contributed by atoms with E-state index in [1.54, 1.807) is 54.2 Å². The molecule has 7 nitrogen and oxygen atoms in total. The van der Waals surface area contributed by atoms with Crippen molar-refractivity contribution in [2.45, 2.75) is 13.8 Å². The zero-order chi connectivity index (χ0) is 19.1. The Labute approximate surface area is 152 Å². The van der Waals surface area contributed by atoms with Gasteiger partial charge in [-0.3, -0.25) is 9.59 Å². The number of hydrogen-bond donors (Lipinski definition) is 2. The molecule has 26 heavy (non-hydrogen) atoms. The number of rotatable bonds is 7. The van der Waals surface area contributed by atoms with E-state index in [4.69, 9.17) is 4.74 Å². The second-order valence-corrected chi connectivity index (χ2v) is 6.28. The third-order valence-electron chi connectivity index (χ3n) is 3.60. The molecule has 0 atom stereocenters. The quantitative estimate of drug-likeness (QED) is 0.744. The summed E-state index contributed by atoms with van der Waals surface area (Å²) in [5.41, 5.74) is 1.08. The highest BCUT2D eigenvalue weighted by Crippen LogP contribution is 2.15. The number of carbonyl (C=O) groups excluding carboxylic acids is 3. The van der Waals surface area contributed by atoms with Gasteiger partial charge in [0.2, 0.25) is 0 Å². The lowest BCUT2D eigenvalue weighted by molar-refractivity contribution is -0.119. The summed E-state index contributed by atoms with van der Waals surface area (Å²) in [4.78, 5) is 36.3. The van der Waals surface area contributed by atoms with Gasteiger partial charge >= 0.3 is 5.97 Å². The van der Waals surface area contributed by atoms with E-state index in [9.17, 15) is 14.4 Å². The van der Waals surface area contributed by atoms with Crippen LogP contribution >= 0.6 is 0 Å². The highest BCUT2D eigenvalue weighted by Gasteiger charge is 2.16. The van der Waals surface area contributed by atoms with E-state index in [0.717, 1.165) is 0 Å². The molecule has 0 fully saturated rings. The molecule has 0 radical (unpaired) electrons. The lowest BCUT2D eigenvalue weighted by Crippen LogP contribution is -2.29. The summed E-state index contributed by atoms with van der Waals surface area (Å²) in [5, 5.41) is 5.42. The number of esters is 1. The van der Waals surface area contributed by atoms with Crippen molar-refractivity contribution in [2.24, 2.45) is 13.0 Å². The van der Waals surface area contributed by atoms with Crippen LogP contribution in [0.25, 0.3) is 0 Å². The van der Waals surface area contributed by atoms with Crippen molar-refractivity contribution in [2.75, 3.05) is 18.5 Å². The summed E-state index contributed by atoms with van der Waals surface area (Å²) in [6, 6.07) is 10.00. The summed E-state index contributed by atoms with van der Waals surface area (Å²) in [6.07, 6.45) is 1.71. The number of para-hydroxylation sites is 1. The zero-order valence-electron chi connectivity index (χ0n) is 15.1. The van der Waals surface area contributed by atoms with E-state index in [-0.39, 0.29) is 5.91 Å². The van der Waals surface area contributed by atoms with Gasteiger partial charge in [-0.15, -0.1) is 0 Å². The van der Waals surface area contributed by atoms with Crippen LogP contribution in [-0.4, -0.2) is 35.5 Å². The molecular weight excluding hydrogens is 334 g/mol. The van der Waals surface area contributed by atoms with Gasteiger partial charge in [0.15, 0.2) is 6.61 Å². The number of carbonyl (C=O) groups is 3. The summed E-state index contributed by atoms with van der Waals surface area (Å²) >= 11 is 0.